The van der Waals surface area contributed by atoms with Crippen LogP contribution in [0, 0.1) is 0 Å². The summed E-state index contributed by atoms with van der Waals surface area (Å²) in [4.78, 5) is 12.5. The molecular weight excluding hydrogens is 807 g/mol. The van der Waals surface area contributed by atoms with Gasteiger partial charge in [0.1, 0.15) is 0 Å². The van der Waals surface area contributed by atoms with Crippen molar-refractivity contribution in [2.45, 2.75) is 244 Å². The van der Waals surface area contributed by atoms with Crippen molar-refractivity contribution in [3.63, 3.8) is 0 Å². The normalized spacial score (nSPS) is 13.9. The number of rotatable bonds is 48. The second kappa shape index (κ2) is 55.9. The summed E-state index contributed by atoms with van der Waals surface area (Å²) in [7, 11) is 0. The summed E-state index contributed by atoms with van der Waals surface area (Å²) in [6.07, 6.45) is 87.4. The van der Waals surface area contributed by atoms with Crippen LogP contribution in [0.25, 0.3) is 0 Å². The van der Waals surface area contributed by atoms with Gasteiger partial charge in [-0.25, -0.2) is 0 Å². The van der Waals surface area contributed by atoms with Gasteiger partial charge in [0.25, 0.3) is 0 Å². The zero-order valence-corrected chi connectivity index (χ0v) is 42.9. The summed E-state index contributed by atoms with van der Waals surface area (Å²) < 4.78 is 0. The van der Waals surface area contributed by atoms with Crippen LogP contribution in [0.4, 0.5) is 0 Å². The Balaban J connectivity index is 3.62. The molecule has 2 unspecified atom stereocenters. The predicted octanol–water partition coefficient (Wildman–Crippen LogP) is 18.2. The molecule has 0 aliphatic rings. The molecule has 66 heavy (non-hydrogen) atoms. The molecule has 4 heteroatoms. The van der Waals surface area contributed by atoms with Crippen LogP contribution in [-0.4, -0.2) is 34.9 Å². The minimum absolute atomic E-state index is 0.0857. The third kappa shape index (κ3) is 51.5. The number of hydrogen-bond acceptors (Lipinski definition) is 3. The lowest BCUT2D eigenvalue weighted by Crippen LogP contribution is -2.45. The molecular formula is C62H103NO3. The molecule has 0 bridgehead atoms. The van der Waals surface area contributed by atoms with Crippen LogP contribution in [0.15, 0.2) is 134 Å². The molecule has 0 aliphatic heterocycles. The molecule has 0 aromatic rings. The van der Waals surface area contributed by atoms with Gasteiger partial charge in [0.2, 0.25) is 5.91 Å². The molecule has 0 fully saturated rings. The van der Waals surface area contributed by atoms with E-state index in [9.17, 15) is 15.0 Å². The first-order valence-electron chi connectivity index (χ1n) is 27.4. The molecule has 0 aliphatic carbocycles. The second-order valence-corrected chi connectivity index (χ2v) is 17.9. The van der Waals surface area contributed by atoms with E-state index in [2.05, 4.69) is 141 Å². The molecule has 0 aromatic carbocycles. The van der Waals surface area contributed by atoms with E-state index in [-0.39, 0.29) is 12.5 Å². The Labute approximate surface area is 409 Å². The average Bonchev–Trinajstić information content (AvgIpc) is 3.32. The lowest BCUT2D eigenvalue weighted by atomic mass is 10.0. The highest BCUT2D eigenvalue weighted by Crippen LogP contribution is 2.14. The maximum absolute atomic E-state index is 12.5. The van der Waals surface area contributed by atoms with E-state index < -0.39 is 12.1 Å². The first-order valence-corrected chi connectivity index (χ1v) is 27.4. The molecule has 0 saturated carbocycles. The van der Waals surface area contributed by atoms with Crippen LogP contribution in [0.2, 0.25) is 0 Å². The van der Waals surface area contributed by atoms with E-state index in [1.807, 2.05) is 6.08 Å². The molecule has 1 amide bonds. The standard InChI is InChI=1S/C62H103NO3/c1-3-5-7-9-11-13-15-17-19-21-22-23-24-25-26-27-28-29-30-31-32-33-34-35-36-37-38-39-40-42-44-46-48-50-52-54-56-58-62(66)63-60(59-64)61(65)57-55-53-51-49-47-45-43-41-20-18-16-14-12-10-8-6-4-2/h5,7,11,13,17,19-20,22-23,25-26,28-29,31-32,34-35,41,47,49,55,57,60-61,64-65H,3-4,6,8-10,12,14-16,18,21,24,27,30,33,36-40,42-46,48,50-54,56,58-59H2,1-2H3,(H,63,66)/b7-5-,13-11-,19-17-,23-22-,26-25-,29-28-,32-31-,35-34-,41-20+,49-47+,57-55+. The van der Waals surface area contributed by atoms with Gasteiger partial charge in [-0.15, -0.1) is 0 Å². The summed E-state index contributed by atoms with van der Waals surface area (Å²) in [5, 5.41) is 23.1. The maximum Gasteiger partial charge on any atom is 0.220 e. The van der Waals surface area contributed by atoms with Crippen LogP contribution in [0.5, 0.6) is 0 Å². The smallest absolute Gasteiger partial charge is 0.220 e. The van der Waals surface area contributed by atoms with Crippen molar-refractivity contribution in [1.29, 1.82) is 0 Å². The fourth-order valence-electron chi connectivity index (χ4n) is 7.46. The Morgan fingerprint density at radius 1 is 0.379 bits per heavy atom. The van der Waals surface area contributed by atoms with Gasteiger partial charge in [-0.1, -0.05) is 250 Å². The monoisotopic (exact) mass is 910 g/mol. The SMILES string of the molecule is CC/C=C\C/C=C\C/C=C\C/C=C\C/C=C\C/C=C\C/C=C\C/C=C\CCCCCCCCCCCCCCC(=O)NC(CO)C(O)/C=C/CC/C=C/CC/C=C/CCCCCCCCC. The predicted molar refractivity (Wildman–Crippen MR) is 294 cm³/mol. The summed E-state index contributed by atoms with van der Waals surface area (Å²) in [5.74, 6) is -0.0857. The van der Waals surface area contributed by atoms with Gasteiger partial charge >= 0.3 is 0 Å². The van der Waals surface area contributed by atoms with Gasteiger partial charge in [-0.3, -0.25) is 4.79 Å². The average molecular weight is 911 g/mol. The van der Waals surface area contributed by atoms with Crippen molar-refractivity contribution >= 4 is 5.91 Å². The van der Waals surface area contributed by atoms with E-state index >= 15 is 0 Å². The molecule has 0 radical (unpaired) electrons. The van der Waals surface area contributed by atoms with E-state index in [0.717, 1.165) is 89.9 Å². The van der Waals surface area contributed by atoms with Crippen molar-refractivity contribution in [2.24, 2.45) is 0 Å². The number of carbonyl (C=O) groups is 1. The minimum atomic E-state index is -0.879. The van der Waals surface area contributed by atoms with Gasteiger partial charge in [0.05, 0.1) is 18.8 Å². The van der Waals surface area contributed by atoms with Crippen molar-refractivity contribution < 1.29 is 15.0 Å². The van der Waals surface area contributed by atoms with Crippen LogP contribution in [-0.2, 0) is 4.79 Å². The first-order chi connectivity index (χ1) is 32.7. The number of allylic oxidation sites excluding steroid dienone is 21. The van der Waals surface area contributed by atoms with Gasteiger partial charge in [-0.2, -0.15) is 0 Å². The van der Waals surface area contributed by atoms with Crippen LogP contribution in [0.3, 0.4) is 0 Å². The number of carbonyl (C=O) groups excluding carboxylic acids is 1. The molecule has 4 nitrogen and oxygen atoms in total. The minimum Gasteiger partial charge on any atom is -0.394 e. The number of aliphatic hydroxyl groups is 2. The highest BCUT2D eigenvalue weighted by Gasteiger charge is 2.17. The zero-order chi connectivity index (χ0) is 47.7. The highest BCUT2D eigenvalue weighted by atomic mass is 16.3. The van der Waals surface area contributed by atoms with Crippen molar-refractivity contribution in [1.82, 2.24) is 5.32 Å². The quantitative estimate of drug-likeness (QED) is 0.0421. The fraction of sp³-hybridized carbons (Fsp3) is 0.629. The molecule has 0 saturated heterocycles. The number of amides is 1. The number of unbranched alkanes of at least 4 members (excludes halogenated alkanes) is 21. The number of hydrogen-bond donors (Lipinski definition) is 3. The Hall–Kier alpha value is -3.47. The molecule has 3 N–H and O–H groups in total. The van der Waals surface area contributed by atoms with E-state index in [1.54, 1.807) is 6.08 Å². The molecule has 0 heterocycles. The van der Waals surface area contributed by atoms with Gasteiger partial charge < -0.3 is 15.5 Å². The summed E-state index contributed by atoms with van der Waals surface area (Å²) in [5.41, 5.74) is 0. The van der Waals surface area contributed by atoms with Crippen LogP contribution >= 0.6 is 0 Å². The van der Waals surface area contributed by atoms with Gasteiger partial charge in [-0.05, 0) is 109 Å². The van der Waals surface area contributed by atoms with E-state index in [1.165, 1.54) is 122 Å². The third-order valence-corrected chi connectivity index (χ3v) is 11.6. The van der Waals surface area contributed by atoms with E-state index in [0.29, 0.717) is 6.42 Å². The lowest BCUT2D eigenvalue weighted by Gasteiger charge is -2.19. The summed E-state index contributed by atoms with van der Waals surface area (Å²) in [6.45, 7) is 4.16. The first kappa shape index (κ1) is 62.5. The van der Waals surface area contributed by atoms with Gasteiger partial charge in [0, 0.05) is 6.42 Å². The molecule has 0 rings (SSSR count). The van der Waals surface area contributed by atoms with E-state index in [4.69, 9.17) is 0 Å². The molecule has 0 aromatic heterocycles. The number of nitrogens with one attached hydrogen (secondary N) is 1. The Morgan fingerprint density at radius 3 is 1.06 bits per heavy atom. The molecule has 374 valence electrons. The van der Waals surface area contributed by atoms with Gasteiger partial charge in [0.15, 0.2) is 0 Å². The third-order valence-electron chi connectivity index (χ3n) is 11.6. The number of aliphatic hydroxyl groups excluding tert-OH is 2. The Kier molecular flexibility index (Phi) is 52.9. The Bertz CT molecular complexity index is 1350. The van der Waals surface area contributed by atoms with Crippen molar-refractivity contribution in [3.8, 4) is 0 Å². The maximum atomic E-state index is 12.5. The second-order valence-electron chi connectivity index (χ2n) is 17.9. The highest BCUT2D eigenvalue weighted by molar-refractivity contribution is 5.76. The zero-order valence-electron chi connectivity index (χ0n) is 42.9. The fourth-order valence-corrected chi connectivity index (χ4v) is 7.46. The van der Waals surface area contributed by atoms with Crippen LogP contribution < -0.4 is 5.32 Å². The molecule has 0 spiro atoms. The largest absolute Gasteiger partial charge is 0.394 e. The van der Waals surface area contributed by atoms with Crippen LogP contribution in [0.1, 0.15) is 232 Å². The Morgan fingerprint density at radius 2 is 0.682 bits per heavy atom. The summed E-state index contributed by atoms with van der Waals surface area (Å²) in [6, 6.07) is -0.655. The van der Waals surface area contributed by atoms with Crippen molar-refractivity contribution in [2.75, 3.05) is 6.61 Å². The lowest BCUT2D eigenvalue weighted by molar-refractivity contribution is -0.123. The topological polar surface area (TPSA) is 69.6 Å². The molecule has 2 atom stereocenters. The summed E-state index contributed by atoms with van der Waals surface area (Å²) >= 11 is 0. The van der Waals surface area contributed by atoms with Crippen molar-refractivity contribution in [3.05, 3.63) is 134 Å².